The van der Waals surface area contributed by atoms with Crippen LogP contribution < -0.4 is 10.6 Å². The van der Waals surface area contributed by atoms with Crippen molar-refractivity contribution in [1.82, 2.24) is 0 Å². The maximum Gasteiger partial charge on any atom is 0.237 e. The number of anilines is 2. The average Bonchev–Trinajstić information content (AvgIpc) is 3.03. The Labute approximate surface area is 166 Å². The van der Waals surface area contributed by atoms with E-state index in [0.717, 1.165) is 66.4 Å². The molecule has 1 saturated heterocycles. The van der Waals surface area contributed by atoms with E-state index >= 15 is 0 Å². The van der Waals surface area contributed by atoms with Crippen molar-refractivity contribution in [1.29, 1.82) is 0 Å². The maximum absolute atomic E-state index is 12.3. The van der Waals surface area contributed by atoms with Crippen LogP contribution in [0.5, 0.6) is 0 Å². The summed E-state index contributed by atoms with van der Waals surface area (Å²) in [4.78, 5) is 16.9. The minimum Gasteiger partial charge on any atom is -0.385 e. The number of amides is 1. The largest absolute Gasteiger partial charge is 0.385 e. The van der Waals surface area contributed by atoms with Crippen LogP contribution in [0.2, 0.25) is 0 Å². The SMILES string of the molecule is Cc1cc(N=CC2C(=O)Nc3cccc(C)c32)ccc1NCC1CCOCC1. The Morgan fingerprint density at radius 1 is 1.18 bits per heavy atom. The van der Waals surface area contributed by atoms with Crippen molar-refractivity contribution in [3.63, 3.8) is 0 Å². The van der Waals surface area contributed by atoms with Gasteiger partial charge in [0.1, 0.15) is 5.92 Å². The molecule has 0 saturated carbocycles. The first kappa shape index (κ1) is 18.7. The van der Waals surface area contributed by atoms with Crippen molar-refractivity contribution < 1.29 is 9.53 Å². The molecule has 0 aromatic heterocycles. The Kier molecular flexibility index (Phi) is 5.44. The van der Waals surface area contributed by atoms with Crippen LogP contribution in [0.25, 0.3) is 0 Å². The molecule has 0 aliphatic carbocycles. The summed E-state index contributed by atoms with van der Waals surface area (Å²) in [7, 11) is 0. The molecular weight excluding hydrogens is 350 g/mol. The van der Waals surface area contributed by atoms with Crippen molar-refractivity contribution >= 4 is 29.2 Å². The number of hydrogen-bond donors (Lipinski definition) is 2. The topological polar surface area (TPSA) is 62.7 Å². The Morgan fingerprint density at radius 3 is 2.79 bits per heavy atom. The normalized spacial score (nSPS) is 19.6. The number of fused-ring (bicyclic) bond motifs is 1. The fourth-order valence-corrected chi connectivity index (χ4v) is 3.98. The van der Waals surface area contributed by atoms with Gasteiger partial charge in [-0.2, -0.15) is 0 Å². The van der Waals surface area contributed by atoms with Gasteiger partial charge >= 0.3 is 0 Å². The van der Waals surface area contributed by atoms with E-state index in [9.17, 15) is 4.79 Å². The lowest BCUT2D eigenvalue weighted by Crippen LogP contribution is -2.22. The van der Waals surface area contributed by atoms with Crippen molar-refractivity contribution in [2.75, 3.05) is 30.4 Å². The van der Waals surface area contributed by atoms with E-state index in [2.05, 4.69) is 34.7 Å². The number of carbonyl (C=O) groups is 1. The van der Waals surface area contributed by atoms with Crippen molar-refractivity contribution in [2.24, 2.45) is 10.9 Å². The molecule has 4 rings (SSSR count). The summed E-state index contributed by atoms with van der Waals surface area (Å²) < 4.78 is 5.43. The second-order valence-electron chi connectivity index (χ2n) is 7.72. The molecule has 2 aromatic rings. The molecule has 2 aliphatic heterocycles. The summed E-state index contributed by atoms with van der Waals surface area (Å²) in [6.45, 7) is 6.84. The van der Waals surface area contributed by atoms with Gasteiger partial charge in [0.2, 0.25) is 5.91 Å². The predicted molar refractivity (Wildman–Crippen MR) is 114 cm³/mol. The van der Waals surface area contributed by atoms with Gasteiger partial charge in [-0.1, -0.05) is 12.1 Å². The van der Waals surface area contributed by atoms with Crippen LogP contribution in [0.15, 0.2) is 41.4 Å². The molecule has 2 N–H and O–H groups in total. The Hall–Kier alpha value is -2.66. The van der Waals surface area contributed by atoms with Gasteiger partial charge in [0, 0.05) is 37.3 Å². The van der Waals surface area contributed by atoms with Crippen LogP contribution >= 0.6 is 0 Å². The second-order valence-corrected chi connectivity index (χ2v) is 7.72. The summed E-state index contributed by atoms with van der Waals surface area (Å²) in [5.41, 5.74) is 6.20. The number of ether oxygens (including phenoxy) is 1. The molecule has 1 amide bonds. The van der Waals surface area contributed by atoms with Crippen LogP contribution in [-0.2, 0) is 9.53 Å². The van der Waals surface area contributed by atoms with Crippen LogP contribution in [-0.4, -0.2) is 31.9 Å². The molecule has 0 radical (unpaired) electrons. The molecule has 5 heteroatoms. The van der Waals surface area contributed by atoms with Gasteiger partial charge in [-0.3, -0.25) is 9.79 Å². The molecule has 2 aliphatic rings. The van der Waals surface area contributed by atoms with Gasteiger partial charge in [0.25, 0.3) is 0 Å². The zero-order chi connectivity index (χ0) is 19.5. The van der Waals surface area contributed by atoms with Gasteiger partial charge < -0.3 is 15.4 Å². The lowest BCUT2D eigenvalue weighted by Gasteiger charge is -2.23. The van der Waals surface area contributed by atoms with Crippen molar-refractivity contribution in [3.05, 3.63) is 53.1 Å². The van der Waals surface area contributed by atoms with E-state index < -0.39 is 0 Å². The third kappa shape index (κ3) is 3.94. The van der Waals surface area contributed by atoms with Gasteiger partial charge in [0.15, 0.2) is 0 Å². The van der Waals surface area contributed by atoms with E-state index in [4.69, 9.17) is 4.74 Å². The first-order valence-electron chi connectivity index (χ1n) is 9.98. The number of nitrogens with zero attached hydrogens (tertiary/aromatic N) is 1. The van der Waals surface area contributed by atoms with Gasteiger partial charge in [0.05, 0.1) is 5.69 Å². The number of aryl methyl sites for hydroxylation is 2. The monoisotopic (exact) mass is 377 g/mol. The van der Waals surface area contributed by atoms with Gasteiger partial charge in [-0.05, 0) is 73.6 Å². The molecule has 1 unspecified atom stereocenters. The molecular formula is C23H27N3O2. The quantitative estimate of drug-likeness (QED) is 0.750. The van der Waals surface area contributed by atoms with Crippen LogP contribution in [0.1, 0.15) is 35.4 Å². The number of benzene rings is 2. The van der Waals surface area contributed by atoms with E-state index in [0.29, 0.717) is 5.92 Å². The smallest absolute Gasteiger partial charge is 0.237 e. The van der Waals surface area contributed by atoms with Gasteiger partial charge in [-0.15, -0.1) is 0 Å². The molecule has 2 heterocycles. The molecule has 0 spiro atoms. The van der Waals surface area contributed by atoms with Gasteiger partial charge in [-0.25, -0.2) is 0 Å². The maximum atomic E-state index is 12.3. The molecule has 1 atom stereocenters. The Bertz CT molecular complexity index is 901. The van der Waals surface area contributed by atoms with Crippen molar-refractivity contribution in [2.45, 2.75) is 32.6 Å². The molecule has 0 bridgehead atoms. The number of hydrogen-bond acceptors (Lipinski definition) is 4. The summed E-state index contributed by atoms with van der Waals surface area (Å²) in [6, 6.07) is 12.1. The van der Waals surface area contributed by atoms with E-state index in [1.165, 1.54) is 0 Å². The summed E-state index contributed by atoms with van der Waals surface area (Å²) in [6.07, 6.45) is 4.01. The minimum atomic E-state index is -0.331. The standard InChI is InChI=1S/C23H27N3O2/c1-15-4-3-5-21-22(15)19(23(27)26-21)14-24-18-6-7-20(16(2)12-18)25-13-17-8-10-28-11-9-17/h3-7,12,14,17,19,25H,8-11,13H2,1-2H3,(H,26,27). The lowest BCUT2D eigenvalue weighted by atomic mass is 9.97. The molecule has 2 aromatic carbocycles. The number of carbonyl (C=O) groups excluding carboxylic acids is 1. The molecule has 146 valence electrons. The lowest BCUT2D eigenvalue weighted by molar-refractivity contribution is -0.115. The van der Waals surface area contributed by atoms with Crippen LogP contribution in [0, 0.1) is 19.8 Å². The highest BCUT2D eigenvalue weighted by Crippen LogP contribution is 2.34. The first-order chi connectivity index (χ1) is 13.6. The summed E-state index contributed by atoms with van der Waals surface area (Å²) in [5.74, 6) is 0.331. The second kappa shape index (κ2) is 8.15. The highest BCUT2D eigenvalue weighted by atomic mass is 16.5. The van der Waals surface area contributed by atoms with E-state index in [1.807, 2.05) is 31.2 Å². The minimum absolute atomic E-state index is 0.0143. The third-order valence-electron chi connectivity index (χ3n) is 5.68. The van der Waals surface area contributed by atoms with Crippen molar-refractivity contribution in [3.8, 4) is 0 Å². The van der Waals surface area contributed by atoms with Crippen LogP contribution in [0.3, 0.4) is 0 Å². The Morgan fingerprint density at radius 2 is 2.00 bits per heavy atom. The third-order valence-corrected chi connectivity index (χ3v) is 5.68. The Balaban J connectivity index is 1.44. The number of nitrogens with one attached hydrogen (secondary N) is 2. The molecule has 5 nitrogen and oxygen atoms in total. The fourth-order valence-electron chi connectivity index (χ4n) is 3.98. The zero-order valence-corrected chi connectivity index (χ0v) is 16.5. The zero-order valence-electron chi connectivity index (χ0n) is 16.5. The highest BCUT2D eigenvalue weighted by Gasteiger charge is 2.30. The average molecular weight is 377 g/mol. The number of rotatable bonds is 5. The van der Waals surface area contributed by atoms with E-state index in [-0.39, 0.29) is 11.8 Å². The summed E-state index contributed by atoms with van der Waals surface area (Å²) in [5, 5.41) is 6.51. The highest BCUT2D eigenvalue weighted by molar-refractivity contribution is 6.13. The van der Waals surface area contributed by atoms with Crippen LogP contribution in [0.4, 0.5) is 17.1 Å². The first-order valence-corrected chi connectivity index (χ1v) is 9.98. The van der Waals surface area contributed by atoms with E-state index in [1.54, 1.807) is 6.21 Å². The fraction of sp³-hybridized carbons (Fsp3) is 0.391. The number of aliphatic imine (C=N–C) groups is 1. The predicted octanol–water partition coefficient (Wildman–Crippen LogP) is 4.58. The summed E-state index contributed by atoms with van der Waals surface area (Å²) >= 11 is 0. The molecule has 28 heavy (non-hydrogen) atoms. The molecule has 1 fully saturated rings.